The first-order valence-electron chi connectivity index (χ1n) is 7.16. The number of nitrogen functional groups attached to an aromatic ring is 1. The highest BCUT2D eigenvalue weighted by atomic mass is 32.2. The van der Waals surface area contributed by atoms with Crippen LogP contribution in [0.5, 0.6) is 0 Å². The van der Waals surface area contributed by atoms with Crippen LogP contribution in [0.15, 0.2) is 30.3 Å². The summed E-state index contributed by atoms with van der Waals surface area (Å²) < 4.78 is 0. The lowest BCUT2D eigenvalue weighted by Gasteiger charge is -2.13. The zero-order chi connectivity index (χ0) is 14.8. The number of fused-ring (bicyclic) bond motifs is 1. The molecule has 0 saturated heterocycles. The van der Waals surface area contributed by atoms with Crippen LogP contribution in [0.4, 0.5) is 5.82 Å². The first-order chi connectivity index (χ1) is 10.2. The van der Waals surface area contributed by atoms with Gasteiger partial charge in [-0.1, -0.05) is 24.3 Å². The lowest BCUT2D eigenvalue weighted by molar-refractivity contribution is 0.0933. The van der Waals surface area contributed by atoms with Gasteiger partial charge in [0, 0.05) is 16.7 Å². The highest BCUT2D eigenvalue weighted by molar-refractivity contribution is 7.99. The average Bonchev–Trinajstić information content (AvgIpc) is 2.95. The zero-order valence-corrected chi connectivity index (χ0v) is 12.8. The third-order valence-electron chi connectivity index (χ3n) is 4.06. The minimum absolute atomic E-state index is 0.126. The maximum Gasteiger partial charge on any atom is 0.270 e. The van der Waals surface area contributed by atoms with Crippen molar-refractivity contribution in [2.45, 2.75) is 30.6 Å². The van der Waals surface area contributed by atoms with Crippen molar-refractivity contribution in [2.24, 2.45) is 0 Å². The van der Waals surface area contributed by atoms with Crippen molar-refractivity contribution in [2.75, 3.05) is 12.0 Å². The van der Waals surface area contributed by atoms with Crippen molar-refractivity contribution < 1.29 is 4.79 Å². The topological polar surface area (TPSA) is 68.0 Å². The number of hydrogen-bond acceptors (Lipinski definition) is 4. The lowest BCUT2D eigenvalue weighted by Crippen LogP contribution is -2.33. The summed E-state index contributed by atoms with van der Waals surface area (Å²) in [4.78, 5) is 16.6. The van der Waals surface area contributed by atoms with Crippen LogP contribution in [-0.4, -0.2) is 28.4 Å². The van der Waals surface area contributed by atoms with Crippen molar-refractivity contribution in [3.05, 3.63) is 36.0 Å². The lowest BCUT2D eigenvalue weighted by atomic mass is 10.1. The first-order valence-corrected chi connectivity index (χ1v) is 8.45. The van der Waals surface area contributed by atoms with Crippen LogP contribution in [0.25, 0.3) is 10.8 Å². The van der Waals surface area contributed by atoms with Gasteiger partial charge in [0.25, 0.3) is 5.91 Å². The maximum absolute atomic E-state index is 12.4. The predicted molar refractivity (Wildman–Crippen MR) is 88.6 cm³/mol. The molecule has 3 N–H and O–H groups in total. The number of hydrogen-bond donors (Lipinski definition) is 2. The quantitative estimate of drug-likeness (QED) is 0.914. The zero-order valence-electron chi connectivity index (χ0n) is 12.0. The van der Waals surface area contributed by atoms with Crippen molar-refractivity contribution in [1.82, 2.24) is 10.3 Å². The summed E-state index contributed by atoms with van der Waals surface area (Å²) in [7, 11) is 0. The Labute approximate surface area is 128 Å². The molecule has 1 heterocycles. The molecule has 2 unspecified atom stereocenters. The number of nitrogens with one attached hydrogen (secondary N) is 1. The molecule has 110 valence electrons. The van der Waals surface area contributed by atoms with Crippen molar-refractivity contribution in [1.29, 1.82) is 0 Å². The van der Waals surface area contributed by atoms with Crippen molar-refractivity contribution in [3.63, 3.8) is 0 Å². The van der Waals surface area contributed by atoms with Crippen LogP contribution in [-0.2, 0) is 0 Å². The number of aromatic nitrogens is 1. The Bertz CT molecular complexity index is 674. The predicted octanol–water partition coefficient (Wildman–Crippen LogP) is 2.83. The van der Waals surface area contributed by atoms with E-state index in [1.54, 1.807) is 0 Å². The summed E-state index contributed by atoms with van der Waals surface area (Å²) in [5.41, 5.74) is 6.35. The minimum atomic E-state index is -0.126. The second-order valence-corrected chi connectivity index (χ2v) is 6.59. The van der Waals surface area contributed by atoms with Crippen LogP contribution in [0, 0.1) is 0 Å². The minimum Gasteiger partial charge on any atom is -0.383 e. The molecule has 3 rings (SSSR count). The highest BCUT2D eigenvalue weighted by Crippen LogP contribution is 2.28. The third-order valence-corrected chi connectivity index (χ3v) is 5.15. The number of nitrogens with two attached hydrogens (primary N) is 1. The number of pyridine rings is 1. The van der Waals surface area contributed by atoms with Crippen LogP contribution < -0.4 is 11.1 Å². The van der Waals surface area contributed by atoms with E-state index >= 15 is 0 Å². The molecular weight excluding hydrogens is 282 g/mol. The number of amides is 1. The van der Waals surface area contributed by atoms with E-state index in [9.17, 15) is 4.79 Å². The number of thioether (sulfide) groups is 1. The van der Waals surface area contributed by atoms with Gasteiger partial charge in [0.05, 0.1) is 0 Å². The van der Waals surface area contributed by atoms with Gasteiger partial charge < -0.3 is 11.1 Å². The molecule has 1 saturated carbocycles. The Morgan fingerprint density at radius 1 is 1.38 bits per heavy atom. The van der Waals surface area contributed by atoms with E-state index < -0.39 is 0 Å². The monoisotopic (exact) mass is 301 g/mol. The normalized spacial score (nSPS) is 21.6. The van der Waals surface area contributed by atoms with E-state index in [0.717, 1.165) is 23.6 Å². The number of anilines is 1. The molecule has 4 nitrogen and oxygen atoms in total. The smallest absolute Gasteiger partial charge is 0.270 e. The molecule has 1 aromatic carbocycles. The summed E-state index contributed by atoms with van der Waals surface area (Å²) in [6, 6.07) is 9.78. The van der Waals surface area contributed by atoms with Gasteiger partial charge in [0.1, 0.15) is 11.5 Å². The number of nitrogens with zero attached hydrogens (tertiary/aromatic N) is 1. The Hall–Kier alpha value is -1.75. The summed E-state index contributed by atoms with van der Waals surface area (Å²) in [6.07, 6.45) is 5.37. The molecule has 0 radical (unpaired) electrons. The fourth-order valence-electron chi connectivity index (χ4n) is 2.89. The number of carbonyl (C=O) groups is 1. The van der Waals surface area contributed by atoms with Gasteiger partial charge in [-0.2, -0.15) is 11.8 Å². The summed E-state index contributed by atoms with van der Waals surface area (Å²) in [6.45, 7) is 0. The van der Waals surface area contributed by atoms with Crippen LogP contribution in [0.3, 0.4) is 0 Å². The van der Waals surface area contributed by atoms with E-state index in [2.05, 4.69) is 16.6 Å². The number of rotatable bonds is 3. The van der Waals surface area contributed by atoms with Gasteiger partial charge in [0.15, 0.2) is 0 Å². The molecule has 0 spiro atoms. The average molecular weight is 301 g/mol. The molecule has 5 heteroatoms. The highest BCUT2D eigenvalue weighted by Gasteiger charge is 2.25. The van der Waals surface area contributed by atoms with Gasteiger partial charge in [-0.05, 0) is 37.0 Å². The summed E-state index contributed by atoms with van der Waals surface area (Å²) in [5, 5.41) is 5.57. The molecule has 2 atom stereocenters. The Balaban J connectivity index is 1.79. The van der Waals surface area contributed by atoms with E-state index in [1.807, 2.05) is 42.1 Å². The standard InChI is InChI=1S/C16H19N3OS/c1-21-12-7-6-11(9-12)18-16(20)14-8-10-4-2-3-5-13(10)15(17)19-14/h2-5,8,11-12H,6-7,9H2,1H3,(H2,17,19)(H,18,20). The summed E-state index contributed by atoms with van der Waals surface area (Å²) in [5.74, 6) is 0.283. The first kappa shape index (κ1) is 14.2. The second kappa shape index (κ2) is 5.93. The van der Waals surface area contributed by atoms with Crippen molar-refractivity contribution >= 4 is 34.3 Å². The van der Waals surface area contributed by atoms with E-state index in [-0.39, 0.29) is 11.9 Å². The molecule has 1 aliphatic rings. The Morgan fingerprint density at radius 2 is 2.19 bits per heavy atom. The largest absolute Gasteiger partial charge is 0.383 e. The van der Waals surface area contributed by atoms with Gasteiger partial charge in [-0.15, -0.1) is 0 Å². The third kappa shape index (κ3) is 2.97. The molecule has 21 heavy (non-hydrogen) atoms. The molecule has 1 amide bonds. The van der Waals surface area contributed by atoms with E-state index in [1.165, 1.54) is 6.42 Å². The van der Waals surface area contributed by atoms with Gasteiger partial charge in [-0.25, -0.2) is 4.98 Å². The second-order valence-electron chi connectivity index (χ2n) is 5.46. The molecule has 2 aromatic rings. The van der Waals surface area contributed by atoms with E-state index in [4.69, 9.17) is 5.73 Å². The van der Waals surface area contributed by atoms with Crippen LogP contribution >= 0.6 is 11.8 Å². The SMILES string of the molecule is CSC1CCC(NC(=O)c2cc3ccccc3c(N)n2)C1. The molecule has 1 fully saturated rings. The molecular formula is C16H19N3OS. The fourth-order valence-corrected chi connectivity index (χ4v) is 3.68. The van der Waals surface area contributed by atoms with Crippen LogP contribution in [0.2, 0.25) is 0 Å². The van der Waals surface area contributed by atoms with Gasteiger partial charge >= 0.3 is 0 Å². The molecule has 0 bridgehead atoms. The van der Waals surface area contributed by atoms with Gasteiger partial charge in [-0.3, -0.25) is 4.79 Å². The Morgan fingerprint density at radius 3 is 2.95 bits per heavy atom. The molecule has 0 aliphatic heterocycles. The number of carbonyl (C=O) groups excluding carboxylic acids is 1. The number of benzene rings is 1. The fraction of sp³-hybridized carbons (Fsp3) is 0.375. The Kier molecular flexibility index (Phi) is 4.01. The van der Waals surface area contributed by atoms with E-state index in [0.29, 0.717) is 16.8 Å². The summed E-state index contributed by atoms with van der Waals surface area (Å²) >= 11 is 1.88. The van der Waals surface area contributed by atoms with Crippen LogP contribution in [0.1, 0.15) is 29.8 Å². The molecule has 1 aromatic heterocycles. The molecule has 1 aliphatic carbocycles. The maximum atomic E-state index is 12.4. The van der Waals surface area contributed by atoms with Gasteiger partial charge in [0.2, 0.25) is 0 Å². The van der Waals surface area contributed by atoms with Crippen molar-refractivity contribution in [3.8, 4) is 0 Å².